The van der Waals surface area contributed by atoms with Gasteiger partial charge >= 0.3 is 0 Å². The Hall–Kier alpha value is -2.05. The largest absolute Gasteiger partial charge is 0.436 e. The van der Waals surface area contributed by atoms with Crippen molar-refractivity contribution in [2.45, 2.75) is 13.8 Å². The number of hydrogen-bond acceptors (Lipinski definition) is 3. The minimum atomic E-state index is 0.282. The molecule has 0 aliphatic heterocycles. The molecule has 2 aromatic rings. The molecule has 0 amide bonds. The molecule has 1 heterocycles. The van der Waals surface area contributed by atoms with E-state index in [2.05, 4.69) is 4.98 Å². The fourth-order valence-corrected chi connectivity index (χ4v) is 1.64. The number of nitriles is 1. The van der Waals surface area contributed by atoms with Gasteiger partial charge in [0.25, 0.3) is 0 Å². The first kappa shape index (κ1) is 12.4. The number of rotatable bonds is 2. The van der Waals surface area contributed by atoms with Gasteiger partial charge in [0.2, 0.25) is 5.88 Å². The number of ether oxygens (including phenoxy) is 1. The van der Waals surface area contributed by atoms with Crippen LogP contribution in [0.3, 0.4) is 0 Å². The maximum atomic E-state index is 9.01. The first-order valence-electron chi connectivity index (χ1n) is 5.42. The van der Waals surface area contributed by atoms with Gasteiger partial charge in [-0.2, -0.15) is 5.26 Å². The summed E-state index contributed by atoms with van der Waals surface area (Å²) in [5, 5.41) is 9.50. The summed E-state index contributed by atoms with van der Waals surface area (Å²) in [5.74, 6) is 0.788. The summed E-state index contributed by atoms with van der Waals surface area (Å²) >= 11 is 6.05. The fraction of sp³-hybridized carbons (Fsp3) is 0.143. The summed E-state index contributed by atoms with van der Waals surface area (Å²) in [6.45, 7) is 3.78. The summed E-state index contributed by atoms with van der Waals surface area (Å²) in [5.41, 5.74) is 2.20. The van der Waals surface area contributed by atoms with Crippen LogP contribution < -0.4 is 4.74 Å². The van der Waals surface area contributed by atoms with Gasteiger partial charge in [-0.3, -0.25) is 0 Å². The van der Waals surface area contributed by atoms with E-state index >= 15 is 0 Å². The van der Waals surface area contributed by atoms with Crippen LogP contribution in [0.5, 0.6) is 11.6 Å². The average Bonchev–Trinajstić information content (AvgIpc) is 2.34. The molecule has 0 radical (unpaired) electrons. The molecule has 4 heteroatoms. The molecule has 0 saturated carbocycles. The van der Waals surface area contributed by atoms with E-state index in [1.807, 2.05) is 32.0 Å². The molecular weight excluding hydrogens is 248 g/mol. The lowest BCUT2D eigenvalue weighted by Gasteiger charge is -2.09. The Kier molecular flexibility index (Phi) is 3.50. The van der Waals surface area contributed by atoms with Gasteiger partial charge in [-0.25, -0.2) is 4.98 Å². The van der Waals surface area contributed by atoms with Gasteiger partial charge in [0.1, 0.15) is 17.4 Å². The third-order valence-electron chi connectivity index (χ3n) is 2.41. The van der Waals surface area contributed by atoms with Crippen molar-refractivity contribution in [3.63, 3.8) is 0 Å². The topological polar surface area (TPSA) is 45.9 Å². The molecule has 1 aromatic carbocycles. The van der Waals surface area contributed by atoms with Crippen molar-refractivity contribution < 1.29 is 4.74 Å². The van der Waals surface area contributed by atoms with Crippen molar-refractivity contribution in [3.8, 4) is 17.7 Å². The lowest BCUT2D eigenvalue weighted by molar-refractivity contribution is 0.460. The number of pyridine rings is 1. The van der Waals surface area contributed by atoms with Crippen LogP contribution in [0.2, 0.25) is 5.02 Å². The number of halogens is 1. The zero-order valence-electron chi connectivity index (χ0n) is 10.1. The first-order valence-corrected chi connectivity index (χ1v) is 5.79. The van der Waals surface area contributed by atoms with Crippen LogP contribution in [0.1, 0.15) is 16.8 Å². The van der Waals surface area contributed by atoms with E-state index in [0.29, 0.717) is 16.3 Å². The highest BCUT2D eigenvalue weighted by Gasteiger charge is 2.09. The molecule has 0 saturated heterocycles. The van der Waals surface area contributed by atoms with Crippen LogP contribution in [0.15, 0.2) is 30.3 Å². The molecule has 0 atom stereocenters. The van der Waals surface area contributed by atoms with Crippen molar-refractivity contribution in [3.05, 3.63) is 52.2 Å². The van der Waals surface area contributed by atoms with Crippen LogP contribution >= 0.6 is 11.6 Å². The van der Waals surface area contributed by atoms with E-state index in [1.165, 1.54) is 0 Å². The Morgan fingerprint density at radius 1 is 1.22 bits per heavy atom. The third-order valence-corrected chi connectivity index (χ3v) is 2.73. The minimum absolute atomic E-state index is 0.282. The van der Waals surface area contributed by atoms with E-state index in [9.17, 15) is 0 Å². The Morgan fingerprint density at radius 3 is 2.72 bits per heavy atom. The van der Waals surface area contributed by atoms with E-state index in [0.717, 1.165) is 11.3 Å². The van der Waals surface area contributed by atoms with Gasteiger partial charge < -0.3 is 4.74 Å². The van der Waals surface area contributed by atoms with E-state index in [1.54, 1.807) is 18.2 Å². The molecule has 0 fully saturated rings. The normalized spacial score (nSPS) is 9.89. The van der Waals surface area contributed by atoms with Crippen LogP contribution in [-0.4, -0.2) is 4.98 Å². The fourth-order valence-electron chi connectivity index (χ4n) is 1.49. The van der Waals surface area contributed by atoms with Gasteiger partial charge in [0.15, 0.2) is 0 Å². The second-order valence-corrected chi connectivity index (χ2v) is 4.36. The highest BCUT2D eigenvalue weighted by Crippen LogP contribution is 2.30. The second-order valence-electron chi connectivity index (χ2n) is 3.95. The van der Waals surface area contributed by atoms with E-state index in [-0.39, 0.29) is 5.88 Å². The van der Waals surface area contributed by atoms with Crippen LogP contribution in [0, 0.1) is 25.2 Å². The van der Waals surface area contributed by atoms with Crippen molar-refractivity contribution in [1.29, 1.82) is 5.26 Å². The van der Waals surface area contributed by atoms with Crippen molar-refractivity contribution in [1.82, 2.24) is 4.98 Å². The number of aryl methyl sites for hydroxylation is 2. The quantitative estimate of drug-likeness (QED) is 0.817. The average molecular weight is 259 g/mol. The van der Waals surface area contributed by atoms with Crippen LogP contribution in [-0.2, 0) is 0 Å². The Bertz CT molecular complexity index is 632. The highest BCUT2D eigenvalue weighted by molar-refractivity contribution is 6.32. The molecule has 18 heavy (non-hydrogen) atoms. The maximum Gasteiger partial charge on any atom is 0.237 e. The summed E-state index contributed by atoms with van der Waals surface area (Å²) < 4.78 is 5.63. The maximum absolute atomic E-state index is 9.01. The van der Waals surface area contributed by atoms with Gasteiger partial charge in [0.05, 0.1) is 5.02 Å². The molecule has 0 aliphatic rings. The summed E-state index contributed by atoms with van der Waals surface area (Å²) in [6.07, 6.45) is 0. The Balaban J connectivity index is 2.43. The molecular formula is C14H11ClN2O. The van der Waals surface area contributed by atoms with Gasteiger partial charge in [-0.15, -0.1) is 0 Å². The third kappa shape index (κ3) is 2.61. The van der Waals surface area contributed by atoms with Gasteiger partial charge in [-0.05, 0) is 43.7 Å². The van der Waals surface area contributed by atoms with Gasteiger partial charge in [-0.1, -0.05) is 17.7 Å². The predicted octanol–water partition coefficient (Wildman–Crippen LogP) is 4.02. The molecule has 90 valence electrons. The van der Waals surface area contributed by atoms with Crippen molar-refractivity contribution in [2.24, 2.45) is 0 Å². The number of hydrogen-bond donors (Lipinski definition) is 0. The molecule has 0 spiro atoms. The lowest BCUT2D eigenvalue weighted by Crippen LogP contribution is -1.94. The molecule has 0 aliphatic carbocycles. The minimum Gasteiger partial charge on any atom is -0.436 e. The monoisotopic (exact) mass is 258 g/mol. The highest BCUT2D eigenvalue weighted by atomic mass is 35.5. The molecule has 2 rings (SSSR count). The van der Waals surface area contributed by atoms with Crippen molar-refractivity contribution >= 4 is 11.6 Å². The SMILES string of the molecule is Cc1ccc(Cl)c(Oc2nc(C)ccc2C#N)c1. The molecule has 1 aromatic heterocycles. The van der Waals surface area contributed by atoms with Crippen LogP contribution in [0.4, 0.5) is 0 Å². The molecule has 0 unspecified atom stereocenters. The van der Waals surface area contributed by atoms with Crippen LogP contribution in [0.25, 0.3) is 0 Å². The zero-order valence-corrected chi connectivity index (χ0v) is 10.8. The first-order chi connectivity index (χ1) is 8.60. The molecule has 0 N–H and O–H groups in total. The smallest absolute Gasteiger partial charge is 0.237 e. The summed E-state index contributed by atoms with van der Waals surface area (Å²) in [4.78, 5) is 4.21. The number of benzene rings is 1. The Labute approximate surface area is 111 Å². The molecule has 0 bridgehead atoms. The molecule has 3 nitrogen and oxygen atoms in total. The zero-order chi connectivity index (χ0) is 13.1. The standard InChI is InChI=1S/C14H11ClN2O/c1-9-3-6-12(15)13(7-9)18-14-11(8-16)5-4-10(2)17-14/h3-7H,1-2H3. The predicted molar refractivity (Wildman–Crippen MR) is 70.0 cm³/mol. The second kappa shape index (κ2) is 5.07. The van der Waals surface area contributed by atoms with Gasteiger partial charge in [0, 0.05) is 5.69 Å². The number of nitrogens with zero attached hydrogens (tertiary/aromatic N) is 2. The van der Waals surface area contributed by atoms with E-state index < -0.39 is 0 Å². The van der Waals surface area contributed by atoms with E-state index in [4.69, 9.17) is 21.6 Å². The van der Waals surface area contributed by atoms with Crippen molar-refractivity contribution in [2.75, 3.05) is 0 Å². The summed E-state index contributed by atoms with van der Waals surface area (Å²) in [6, 6.07) is 11.0. The lowest BCUT2D eigenvalue weighted by atomic mass is 10.2. The number of aromatic nitrogens is 1. The Morgan fingerprint density at radius 2 is 2.00 bits per heavy atom. The summed E-state index contributed by atoms with van der Waals surface area (Å²) in [7, 11) is 0.